The van der Waals surface area contributed by atoms with Crippen LogP contribution >= 0.6 is 11.6 Å². The van der Waals surface area contributed by atoms with Crippen molar-refractivity contribution >= 4 is 33.7 Å². The van der Waals surface area contributed by atoms with Crippen LogP contribution in [0.25, 0.3) is 22.1 Å². The molecule has 1 aromatic carbocycles. The third-order valence-electron chi connectivity index (χ3n) is 5.26. The highest BCUT2D eigenvalue weighted by molar-refractivity contribution is 6.35. The summed E-state index contributed by atoms with van der Waals surface area (Å²) in [6, 6.07) is 13.0. The zero-order chi connectivity index (χ0) is 18.8. The minimum absolute atomic E-state index is 0.504. The molecule has 0 radical (unpaired) electrons. The number of nitrogens with zero attached hydrogens (tertiary/aromatic N) is 3. The SMILES string of the molecule is CC.Clc1nc2c(ncn2C2CCCC2)c2[nH]c(Cc3ccccc3)cc12. The van der Waals surface area contributed by atoms with Crippen molar-refractivity contribution in [2.75, 3.05) is 0 Å². The number of imidazole rings is 1. The Balaban J connectivity index is 0.000000872. The van der Waals surface area contributed by atoms with Gasteiger partial charge in [-0.15, -0.1) is 0 Å². The fourth-order valence-electron chi connectivity index (χ4n) is 4.02. The Morgan fingerprint density at radius 1 is 1.15 bits per heavy atom. The van der Waals surface area contributed by atoms with Crippen molar-refractivity contribution in [1.82, 2.24) is 19.5 Å². The van der Waals surface area contributed by atoms with E-state index in [0.717, 1.165) is 34.2 Å². The number of hydrogen-bond acceptors (Lipinski definition) is 2. The number of H-pyrrole nitrogens is 1. The Morgan fingerprint density at radius 2 is 1.89 bits per heavy atom. The molecule has 27 heavy (non-hydrogen) atoms. The van der Waals surface area contributed by atoms with E-state index in [1.807, 2.05) is 26.2 Å². The summed E-state index contributed by atoms with van der Waals surface area (Å²) in [5.41, 5.74) is 5.22. The van der Waals surface area contributed by atoms with Crippen LogP contribution in [0.4, 0.5) is 0 Å². The molecule has 1 aliphatic carbocycles. The summed E-state index contributed by atoms with van der Waals surface area (Å²) < 4.78 is 2.21. The van der Waals surface area contributed by atoms with Gasteiger partial charge in [0.2, 0.25) is 0 Å². The molecular formula is C22H25ClN4. The van der Waals surface area contributed by atoms with Gasteiger partial charge in [0.25, 0.3) is 0 Å². The van der Waals surface area contributed by atoms with Gasteiger partial charge in [-0.05, 0) is 24.5 Å². The van der Waals surface area contributed by atoms with Gasteiger partial charge in [0, 0.05) is 23.5 Å². The van der Waals surface area contributed by atoms with E-state index in [4.69, 9.17) is 11.6 Å². The fourth-order valence-corrected chi connectivity index (χ4v) is 4.24. The summed E-state index contributed by atoms with van der Waals surface area (Å²) in [6.07, 6.45) is 7.74. The highest BCUT2D eigenvalue weighted by Crippen LogP contribution is 2.35. The van der Waals surface area contributed by atoms with Crippen LogP contribution in [0, 0.1) is 0 Å². The van der Waals surface area contributed by atoms with Gasteiger partial charge in [0.15, 0.2) is 5.65 Å². The lowest BCUT2D eigenvalue weighted by atomic mass is 10.1. The molecule has 1 aliphatic rings. The van der Waals surface area contributed by atoms with Crippen LogP contribution < -0.4 is 0 Å². The molecule has 5 rings (SSSR count). The van der Waals surface area contributed by atoms with Gasteiger partial charge in [-0.2, -0.15) is 0 Å². The number of aromatic nitrogens is 4. The molecule has 0 bridgehead atoms. The predicted octanol–water partition coefficient (Wildman–Crippen LogP) is 6.30. The van der Waals surface area contributed by atoms with Crippen molar-refractivity contribution in [3.63, 3.8) is 0 Å². The number of aromatic amines is 1. The Hall–Kier alpha value is -2.33. The number of pyridine rings is 1. The van der Waals surface area contributed by atoms with Gasteiger partial charge in [-0.25, -0.2) is 9.97 Å². The van der Waals surface area contributed by atoms with Crippen molar-refractivity contribution in [2.24, 2.45) is 0 Å². The summed E-state index contributed by atoms with van der Waals surface area (Å²) >= 11 is 6.52. The molecule has 0 unspecified atom stereocenters. The standard InChI is InChI=1S/C20H19ClN4.C2H6/c21-19-16-11-14(10-13-6-2-1-3-7-13)23-17(16)18-20(24-19)25(12-22-18)15-8-4-5-9-15;1-2/h1-3,6-7,11-12,15,23H,4-5,8-10H2;1-2H3. The van der Waals surface area contributed by atoms with Crippen LogP contribution in [0.3, 0.4) is 0 Å². The van der Waals surface area contributed by atoms with Crippen LogP contribution in [0.2, 0.25) is 5.15 Å². The maximum atomic E-state index is 6.52. The maximum absolute atomic E-state index is 6.52. The number of rotatable bonds is 3. The first kappa shape index (κ1) is 18.1. The number of benzene rings is 1. The van der Waals surface area contributed by atoms with E-state index < -0.39 is 0 Å². The monoisotopic (exact) mass is 380 g/mol. The average Bonchev–Trinajstić information content (AvgIpc) is 3.43. The average molecular weight is 381 g/mol. The number of halogens is 1. The zero-order valence-electron chi connectivity index (χ0n) is 15.9. The van der Waals surface area contributed by atoms with Gasteiger partial charge >= 0.3 is 0 Å². The van der Waals surface area contributed by atoms with Crippen LogP contribution in [0.5, 0.6) is 0 Å². The van der Waals surface area contributed by atoms with Crippen LogP contribution in [-0.2, 0) is 6.42 Å². The Labute approximate surface area is 164 Å². The van der Waals surface area contributed by atoms with Gasteiger partial charge in [-0.1, -0.05) is 68.6 Å². The van der Waals surface area contributed by atoms with Crippen LogP contribution in [0.15, 0.2) is 42.7 Å². The number of hydrogen-bond donors (Lipinski definition) is 1. The summed E-state index contributed by atoms with van der Waals surface area (Å²) in [5, 5.41) is 1.51. The molecule has 1 fully saturated rings. The molecule has 0 spiro atoms. The minimum Gasteiger partial charge on any atom is -0.356 e. The normalized spacial score (nSPS) is 14.6. The van der Waals surface area contributed by atoms with E-state index in [1.54, 1.807) is 0 Å². The van der Waals surface area contributed by atoms with Gasteiger partial charge in [0.1, 0.15) is 10.7 Å². The zero-order valence-corrected chi connectivity index (χ0v) is 16.6. The first-order valence-electron chi connectivity index (χ1n) is 9.87. The van der Waals surface area contributed by atoms with Crippen LogP contribution in [0.1, 0.15) is 56.8 Å². The molecule has 3 aromatic heterocycles. The summed E-state index contributed by atoms with van der Waals surface area (Å²) in [7, 11) is 0. The van der Waals surface area contributed by atoms with E-state index in [9.17, 15) is 0 Å². The Bertz CT molecular complexity index is 1040. The molecule has 0 saturated heterocycles. The molecule has 4 nitrogen and oxygen atoms in total. The third-order valence-corrected chi connectivity index (χ3v) is 5.55. The topological polar surface area (TPSA) is 46.5 Å². The summed E-state index contributed by atoms with van der Waals surface area (Å²) in [5.74, 6) is 0. The predicted molar refractivity (Wildman–Crippen MR) is 112 cm³/mol. The number of fused-ring (bicyclic) bond motifs is 3. The lowest BCUT2D eigenvalue weighted by Crippen LogP contribution is -2.03. The van der Waals surface area contributed by atoms with Crippen LogP contribution in [-0.4, -0.2) is 19.5 Å². The second-order valence-corrected chi connectivity index (χ2v) is 7.27. The fraction of sp³-hybridized carbons (Fsp3) is 0.364. The Kier molecular flexibility index (Phi) is 5.17. The van der Waals surface area contributed by atoms with Crippen molar-refractivity contribution in [1.29, 1.82) is 0 Å². The van der Waals surface area contributed by atoms with E-state index in [-0.39, 0.29) is 0 Å². The molecule has 1 N–H and O–H groups in total. The van der Waals surface area contributed by atoms with E-state index in [0.29, 0.717) is 11.2 Å². The van der Waals surface area contributed by atoms with Gasteiger partial charge in [-0.3, -0.25) is 0 Å². The van der Waals surface area contributed by atoms with Crippen molar-refractivity contribution in [3.05, 3.63) is 59.1 Å². The second kappa shape index (κ2) is 7.73. The lowest BCUT2D eigenvalue weighted by Gasteiger charge is -2.11. The molecule has 3 heterocycles. The molecule has 140 valence electrons. The van der Waals surface area contributed by atoms with Crippen molar-refractivity contribution in [2.45, 2.75) is 52.0 Å². The minimum atomic E-state index is 0.504. The molecule has 5 heteroatoms. The maximum Gasteiger partial charge on any atom is 0.163 e. The first-order valence-corrected chi connectivity index (χ1v) is 10.2. The van der Waals surface area contributed by atoms with Crippen molar-refractivity contribution < 1.29 is 0 Å². The molecule has 4 aromatic rings. The Morgan fingerprint density at radius 3 is 2.63 bits per heavy atom. The molecule has 0 atom stereocenters. The van der Waals surface area contributed by atoms with Gasteiger partial charge < -0.3 is 9.55 Å². The lowest BCUT2D eigenvalue weighted by molar-refractivity contribution is 0.529. The quantitative estimate of drug-likeness (QED) is 0.424. The smallest absolute Gasteiger partial charge is 0.163 e. The molecule has 1 saturated carbocycles. The third kappa shape index (κ3) is 3.34. The first-order chi connectivity index (χ1) is 13.3. The van der Waals surface area contributed by atoms with E-state index in [2.05, 4.69) is 49.9 Å². The largest absolute Gasteiger partial charge is 0.356 e. The van der Waals surface area contributed by atoms with Gasteiger partial charge in [0.05, 0.1) is 11.8 Å². The highest BCUT2D eigenvalue weighted by atomic mass is 35.5. The van der Waals surface area contributed by atoms with E-state index >= 15 is 0 Å². The molecule has 0 amide bonds. The van der Waals surface area contributed by atoms with Crippen molar-refractivity contribution in [3.8, 4) is 0 Å². The second-order valence-electron chi connectivity index (χ2n) is 6.91. The highest BCUT2D eigenvalue weighted by Gasteiger charge is 2.22. The molecule has 0 aliphatic heterocycles. The molecular weight excluding hydrogens is 356 g/mol. The summed E-state index contributed by atoms with van der Waals surface area (Å²) in [6.45, 7) is 4.00. The van der Waals surface area contributed by atoms with E-state index in [1.165, 1.54) is 31.2 Å². The number of nitrogens with one attached hydrogen (secondary N) is 1. The summed E-state index contributed by atoms with van der Waals surface area (Å²) in [4.78, 5) is 12.9.